The number of aliphatic hydroxyl groups excluding tert-OH is 1. The molecule has 0 aliphatic rings. The Labute approximate surface area is 143 Å². The van der Waals surface area contributed by atoms with Gasteiger partial charge < -0.3 is 15.5 Å². The van der Waals surface area contributed by atoms with Gasteiger partial charge in [-0.3, -0.25) is 10.4 Å². The van der Waals surface area contributed by atoms with Crippen LogP contribution in [0.1, 0.15) is 16.8 Å². The van der Waals surface area contributed by atoms with E-state index in [0.717, 1.165) is 5.69 Å². The zero-order valence-corrected chi connectivity index (χ0v) is 13.8. The maximum Gasteiger partial charge on any atom is 0.191 e. The van der Waals surface area contributed by atoms with Crippen molar-refractivity contribution in [3.8, 4) is 5.75 Å². The average Bonchev–Trinajstić information content (AvgIpc) is 2.54. The maximum absolute atomic E-state index is 9.98. The molecular weight excluding hydrogens is 336 g/mol. The largest absolute Gasteiger partial charge is 0.505 e. The predicted octanol–water partition coefficient (Wildman–Crippen LogP) is 2.56. The summed E-state index contributed by atoms with van der Waals surface area (Å²) in [7, 11) is 0. The standard InChI is InChI=1S/C15H15ClN4O2S/c1-9-14(22)13(10(8-21)6-17-9)7-18-20-15(23)19-12-4-2-11(16)3-5-12/h2-7,21-22H,8H2,1H3,(H2,19,20,23). The van der Waals surface area contributed by atoms with E-state index in [0.29, 0.717) is 21.8 Å². The molecule has 0 fully saturated rings. The van der Waals surface area contributed by atoms with E-state index in [2.05, 4.69) is 20.8 Å². The lowest BCUT2D eigenvalue weighted by Crippen LogP contribution is -2.23. The van der Waals surface area contributed by atoms with Gasteiger partial charge in [0.2, 0.25) is 0 Å². The summed E-state index contributed by atoms with van der Waals surface area (Å²) in [5.74, 6) is -0.0290. The van der Waals surface area contributed by atoms with Crippen molar-refractivity contribution < 1.29 is 10.2 Å². The lowest BCUT2D eigenvalue weighted by Gasteiger charge is -2.08. The molecule has 0 atom stereocenters. The highest BCUT2D eigenvalue weighted by Gasteiger charge is 2.09. The fourth-order valence-electron chi connectivity index (χ4n) is 1.77. The Morgan fingerprint density at radius 1 is 1.39 bits per heavy atom. The molecule has 23 heavy (non-hydrogen) atoms. The Morgan fingerprint density at radius 3 is 2.74 bits per heavy atom. The van der Waals surface area contributed by atoms with Crippen LogP contribution in [0.5, 0.6) is 5.75 Å². The summed E-state index contributed by atoms with van der Waals surface area (Å²) in [4.78, 5) is 3.98. The van der Waals surface area contributed by atoms with Crippen molar-refractivity contribution in [1.29, 1.82) is 0 Å². The number of aliphatic hydroxyl groups is 1. The highest BCUT2D eigenvalue weighted by atomic mass is 35.5. The Hall–Kier alpha value is -2.22. The van der Waals surface area contributed by atoms with Gasteiger partial charge in [-0.05, 0) is 43.4 Å². The van der Waals surface area contributed by atoms with Gasteiger partial charge in [-0.1, -0.05) is 11.6 Å². The van der Waals surface area contributed by atoms with Gasteiger partial charge in [0.25, 0.3) is 0 Å². The van der Waals surface area contributed by atoms with Crippen LogP contribution in [0.15, 0.2) is 35.6 Å². The molecule has 0 amide bonds. The van der Waals surface area contributed by atoms with Crippen LogP contribution in [-0.2, 0) is 6.61 Å². The summed E-state index contributed by atoms with van der Waals surface area (Å²) in [5.41, 5.74) is 4.71. The van der Waals surface area contributed by atoms with E-state index in [1.807, 2.05) is 0 Å². The Kier molecular flexibility index (Phi) is 5.86. The maximum atomic E-state index is 9.98. The minimum absolute atomic E-state index is 0.0290. The van der Waals surface area contributed by atoms with Crippen molar-refractivity contribution in [3.63, 3.8) is 0 Å². The highest BCUT2D eigenvalue weighted by Crippen LogP contribution is 2.21. The SMILES string of the molecule is Cc1ncc(CO)c(C=NNC(=S)Nc2ccc(Cl)cc2)c1O. The van der Waals surface area contributed by atoms with Crippen molar-refractivity contribution >= 4 is 40.8 Å². The second-order valence-electron chi connectivity index (χ2n) is 4.62. The molecule has 0 unspecified atom stereocenters. The summed E-state index contributed by atoms with van der Waals surface area (Å²) in [6.45, 7) is 1.41. The number of benzene rings is 1. The van der Waals surface area contributed by atoms with Crippen LogP contribution in [0.3, 0.4) is 0 Å². The third-order valence-electron chi connectivity index (χ3n) is 2.99. The number of thiocarbonyl (C=S) groups is 1. The summed E-state index contributed by atoms with van der Waals surface area (Å²) >= 11 is 10.9. The smallest absolute Gasteiger partial charge is 0.191 e. The summed E-state index contributed by atoms with van der Waals surface area (Å²) < 4.78 is 0. The fourth-order valence-corrected chi connectivity index (χ4v) is 2.07. The number of aromatic hydroxyl groups is 1. The van der Waals surface area contributed by atoms with Crippen molar-refractivity contribution in [2.24, 2.45) is 5.10 Å². The normalized spacial score (nSPS) is 10.7. The molecule has 0 aliphatic heterocycles. The molecule has 0 bridgehead atoms. The van der Waals surface area contributed by atoms with Gasteiger partial charge in [-0.2, -0.15) is 5.10 Å². The van der Waals surface area contributed by atoms with Crippen LogP contribution >= 0.6 is 23.8 Å². The van der Waals surface area contributed by atoms with Gasteiger partial charge in [-0.25, -0.2) is 0 Å². The summed E-state index contributed by atoms with van der Waals surface area (Å²) in [6, 6.07) is 7.03. The second-order valence-corrected chi connectivity index (χ2v) is 5.46. The molecular formula is C15H15ClN4O2S. The van der Waals surface area contributed by atoms with Gasteiger partial charge in [-0.15, -0.1) is 0 Å². The van der Waals surface area contributed by atoms with E-state index in [1.54, 1.807) is 31.2 Å². The third kappa shape index (κ3) is 4.62. The number of halogens is 1. The average molecular weight is 351 g/mol. The van der Waals surface area contributed by atoms with Gasteiger partial charge in [0.15, 0.2) is 5.11 Å². The van der Waals surface area contributed by atoms with Gasteiger partial charge in [0.1, 0.15) is 5.75 Å². The van der Waals surface area contributed by atoms with Crippen molar-refractivity contribution in [3.05, 3.63) is 52.3 Å². The molecule has 2 aromatic rings. The number of hydrazone groups is 1. The molecule has 1 aromatic heterocycles. The second kappa shape index (κ2) is 7.87. The van der Waals surface area contributed by atoms with Crippen LogP contribution in [0.4, 0.5) is 5.69 Å². The predicted molar refractivity (Wildman–Crippen MR) is 95.0 cm³/mol. The van der Waals surface area contributed by atoms with Crippen molar-refractivity contribution in [2.45, 2.75) is 13.5 Å². The quantitative estimate of drug-likeness (QED) is 0.385. The van der Waals surface area contributed by atoms with Gasteiger partial charge in [0.05, 0.1) is 18.5 Å². The molecule has 1 aromatic carbocycles. The first-order valence-corrected chi connectivity index (χ1v) is 7.44. The first kappa shape index (κ1) is 17.1. The van der Waals surface area contributed by atoms with E-state index in [9.17, 15) is 10.2 Å². The Morgan fingerprint density at radius 2 is 2.09 bits per heavy atom. The van der Waals surface area contributed by atoms with E-state index in [1.165, 1.54) is 12.4 Å². The molecule has 8 heteroatoms. The zero-order valence-electron chi connectivity index (χ0n) is 12.2. The number of nitrogens with zero attached hydrogens (tertiary/aromatic N) is 2. The first-order chi connectivity index (χ1) is 11.0. The van der Waals surface area contributed by atoms with Crippen LogP contribution in [-0.4, -0.2) is 26.5 Å². The summed E-state index contributed by atoms with van der Waals surface area (Å²) in [6.07, 6.45) is 2.87. The number of anilines is 1. The van der Waals surface area contributed by atoms with Crippen molar-refractivity contribution in [2.75, 3.05) is 5.32 Å². The molecule has 0 spiro atoms. The van der Waals surface area contributed by atoms with E-state index in [4.69, 9.17) is 23.8 Å². The molecule has 6 nitrogen and oxygen atoms in total. The van der Waals surface area contributed by atoms with Crippen LogP contribution < -0.4 is 10.7 Å². The highest BCUT2D eigenvalue weighted by molar-refractivity contribution is 7.80. The number of pyridine rings is 1. The van der Waals surface area contributed by atoms with Gasteiger partial charge in [0, 0.05) is 28.0 Å². The lowest BCUT2D eigenvalue weighted by molar-refractivity contribution is 0.280. The third-order valence-corrected chi connectivity index (χ3v) is 3.44. The molecule has 0 saturated heterocycles. The van der Waals surface area contributed by atoms with Gasteiger partial charge >= 0.3 is 0 Å². The monoisotopic (exact) mass is 350 g/mol. The first-order valence-electron chi connectivity index (χ1n) is 6.65. The molecule has 2 rings (SSSR count). The van der Waals surface area contributed by atoms with E-state index >= 15 is 0 Å². The molecule has 0 aliphatic carbocycles. The zero-order chi connectivity index (χ0) is 16.8. The van der Waals surface area contributed by atoms with Crippen molar-refractivity contribution in [1.82, 2.24) is 10.4 Å². The summed E-state index contributed by atoms with van der Waals surface area (Å²) in [5, 5.41) is 27.1. The Balaban J connectivity index is 2.03. The van der Waals surface area contributed by atoms with Crippen LogP contribution in [0, 0.1) is 6.92 Å². The molecule has 0 radical (unpaired) electrons. The number of nitrogens with one attached hydrogen (secondary N) is 2. The number of aromatic nitrogens is 1. The lowest BCUT2D eigenvalue weighted by atomic mass is 10.1. The molecule has 4 N–H and O–H groups in total. The van der Waals surface area contributed by atoms with Crippen LogP contribution in [0.25, 0.3) is 0 Å². The topological polar surface area (TPSA) is 89.8 Å². The molecule has 1 heterocycles. The molecule has 120 valence electrons. The van der Waals surface area contributed by atoms with E-state index < -0.39 is 0 Å². The number of hydrogen-bond donors (Lipinski definition) is 4. The Bertz CT molecular complexity index is 735. The molecule has 0 saturated carbocycles. The number of rotatable bonds is 4. The number of aryl methyl sites for hydroxylation is 1. The van der Waals surface area contributed by atoms with E-state index in [-0.39, 0.29) is 17.5 Å². The number of hydrogen-bond acceptors (Lipinski definition) is 5. The minimum atomic E-state index is -0.254. The fraction of sp³-hybridized carbons (Fsp3) is 0.133. The minimum Gasteiger partial charge on any atom is -0.505 e. The van der Waals surface area contributed by atoms with Crippen LogP contribution in [0.2, 0.25) is 5.02 Å².